The lowest BCUT2D eigenvalue weighted by Gasteiger charge is -2.08. The predicted molar refractivity (Wildman–Crippen MR) is 80.1 cm³/mol. The molecule has 114 valence electrons. The maximum atomic E-state index is 11.7. The molecule has 0 saturated carbocycles. The monoisotopic (exact) mass is 321 g/mol. The topological polar surface area (TPSA) is 95.9 Å². The van der Waals surface area contributed by atoms with Crippen molar-refractivity contribution in [3.05, 3.63) is 53.1 Å². The number of carbonyl (C=O) groups is 2. The predicted octanol–water partition coefficient (Wildman–Crippen LogP) is 2.55. The highest BCUT2D eigenvalue weighted by atomic mass is 35.5. The number of hydrogen-bond donors (Lipinski definition) is 3. The lowest BCUT2D eigenvalue weighted by molar-refractivity contribution is -0.119. The normalized spacial score (nSPS) is 10.0. The van der Waals surface area contributed by atoms with Gasteiger partial charge in [-0.15, -0.1) is 0 Å². The number of nitrogens with one attached hydrogen (secondary N) is 1. The van der Waals surface area contributed by atoms with Gasteiger partial charge in [0, 0.05) is 16.8 Å². The van der Waals surface area contributed by atoms with Crippen LogP contribution in [0.2, 0.25) is 5.02 Å². The Morgan fingerprint density at radius 3 is 2.59 bits per heavy atom. The van der Waals surface area contributed by atoms with Gasteiger partial charge in [0.15, 0.2) is 6.61 Å². The zero-order chi connectivity index (χ0) is 16.1. The number of benzene rings is 2. The Morgan fingerprint density at radius 2 is 1.91 bits per heavy atom. The zero-order valence-electron chi connectivity index (χ0n) is 11.2. The smallest absolute Gasteiger partial charge is 0.342 e. The minimum atomic E-state index is -0.876. The van der Waals surface area contributed by atoms with Gasteiger partial charge < -0.3 is 20.3 Å². The summed E-state index contributed by atoms with van der Waals surface area (Å²) in [6.07, 6.45) is 0. The van der Waals surface area contributed by atoms with Crippen molar-refractivity contribution in [1.82, 2.24) is 0 Å². The van der Waals surface area contributed by atoms with E-state index >= 15 is 0 Å². The first-order valence-corrected chi connectivity index (χ1v) is 6.58. The molecule has 0 heterocycles. The fourth-order valence-corrected chi connectivity index (χ4v) is 1.86. The lowest BCUT2D eigenvalue weighted by Crippen LogP contribution is -2.20. The summed E-state index contributed by atoms with van der Waals surface area (Å²) in [5, 5.41) is 21.6. The molecular formula is C15H12ClNO5. The number of esters is 1. The average Bonchev–Trinajstić information content (AvgIpc) is 2.45. The molecular weight excluding hydrogens is 310 g/mol. The van der Waals surface area contributed by atoms with Crippen molar-refractivity contribution >= 4 is 29.2 Å². The molecule has 0 fully saturated rings. The molecule has 0 bridgehead atoms. The van der Waals surface area contributed by atoms with Gasteiger partial charge in [0.05, 0.1) is 0 Å². The molecule has 7 heteroatoms. The number of rotatable bonds is 4. The average molecular weight is 322 g/mol. The minimum absolute atomic E-state index is 0.145. The third kappa shape index (κ3) is 4.13. The summed E-state index contributed by atoms with van der Waals surface area (Å²) in [5.41, 5.74) is 0.328. The van der Waals surface area contributed by atoms with Gasteiger partial charge in [-0.1, -0.05) is 17.7 Å². The molecule has 0 aliphatic rings. The third-order valence-corrected chi connectivity index (χ3v) is 2.88. The van der Waals surface area contributed by atoms with Gasteiger partial charge in [-0.05, 0) is 30.3 Å². The van der Waals surface area contributed by atoms with Crippen LogP contribution >= 0.6 is 11.6 Å². The maximum Gasteiger partial charge on any atom is 0.342 e. The molecule has 6 nitrogen and oxygen atoms in total. The summed E-state index contributed by atoms with van der Waals surface area (Å²) in [6, 6.07) is 9.93. The van der Waals surface area contributed by atoms with Crippen LogP contribution in [0.15, 0.2) is 42.5 Å². The Hall–Kier alpha value is -2.73. The molecule has 3 N–H and O–H groups in total. The molecule has 0 saturated heterocycles. The number of halogens is 1. The summed E-state index contributed by atoms with van der Waals surface area (Å²) >= 11 is 5.78. The first-order chi connectivity index (χ1) is 10.5. The van der Waals surface area contributed by atoms with E-state index in [0.29, 0.717) is 10.7 Å². The molecule has 2 rings (SSSR count). The Morgan fingerprint density at radius 1 is 1.14 bits per heavy atom. The number of anilines is 1. The summed E-state index contributed by atoms with van der Waals surface area (Å²) in [6.45, 7) is -0.522. The van der Waals surface area contributed by atoms with Crippen molar-refractivity contribution in [2.24, 2.45) is 0 Å². The van der Waals surface area contributed by atoms with Crippen LogP contribution in [-0.2, 0) is 9.53 Å². The van der Waals surface area contributed by atoms with Crippen molar-refractivity contribution in [2.75, 3.05) is 11.9 Å². The maximum absolute atomic E-state index is 11.7. The van der Waals surface area contributed by atoms with Gasteiger partial charge in [-0.2, -0.15) is 0 Å². The quantitative estimate of drug-likeness (QED) is 0.752. The molecule has 0 aliphatic heterocycles. The van der Waals surface area contributed by atoms with E-state index in [1.807, 2.05) is 0 Å². The fraction of sp³-hybridized carbons (Fsp3) is 0.0667. The fourth-order valence-electron chi connectivity index (χ4n) is 1.66. The summed E-state index contributed by atoms with van der Waals surface area (Å²) in [7, 11) is 0. The summed E-state index contributed by atoms with van der Waals surface area (Å²) in [4.78, 5) is 23.4. The van der Waals surface area contributed by atoms with Gasteiger partial charge in [0.2, 0.25) is 0 Å². The van der Waals surface area contributed by atoms with Crippen LogP contribution in [0, 0.1) is 0 Å². The van der Waals surface area contributed by atoms with Crippen molar-refractivity contribution in [2.45, 2.75) is 0 Å². The van der Waals surface area contributed by atoms with E-state index in [9.17, 15) is 14.7 Å². The molecule has 2 aromatic carbocycles. The highest BCUT2D eigenvalue weighted by Gasteiger charge is 2.15. The van der Waals surface area contributed by atoms with Gasteiger partial charge >= 0.3 is 5.97 Å². The molecule has 1 amide bonds. The van der Waals surface area contributed by atoms with Gasteiger partial charge in [-0.3, -0.25) is 4.79 Å². The number of carbonyl (C=O) groups excluding carboxylic acids is 2. The van der Waals surface area contributed by atoms with Crippen LogP contribution in [0.4, 0.5) is 5.69 Å². The van der Waals surface area contributed by atoms with Gasteiger partial charge in [0.1, 0.15) is 17.1 Å². The van der Waals surface area contributed by atoms with Crippen LogP contribution in [0.3, 0.4) is 0 Å². The SMILES string of the molecule is O=C(COC(=O)c1ccc(O)cc1O)Nc1cccc(Cl)c1. The Bertz CT molecular complexity index is 717. The molecule has 0 atom stereocenters. The highest BCUT2D eigenvalue weighted by molar-refractivity contribution is 6.30. The largest absolute Gasteiger partial charge is 0.508 e. The molecule has 0 aliphatic carbocycles. The van der Waals surface area contributed by atoms with Crippen LogP contribution in [0.5, 0.6) is 11.5 Å². The minimum Gasteiger partial charge on any atom is -0.508 e. The van der Waals surface area contributed by atoms with E-state index in [1.54, 1.807) is 24.3 Å². The standard InChI is InChI=1S/C15H12ClNO5/c16-9-2-1-3-10(6-9)17-14(20)8-22-15(21)12-5-4-11(18)7-13(12)19/h1-7,18-19H,8H2,(H,17,20). The molecule has 0 unspecified atom stereocenters. The number of hydrogen-bond acceptors (Lipinski definition) is 5. The first kappa shape index (κ1) is 15.7. The van der Waals surface area contributed by atoms with E-state index in [0.717, 1.165) is 6.07 Å². The van der Waals surface area contributed by atoms with Gasteiger partial charge in [-0.25, -0.2) is 4.79 Å². The van der Waals surface area contributed by atoms with E-state index in [1.165, 1.54) is 12.1 Å². The zero-order valence-corrected chi connectivity index (χ0v) is 12.0. The summed E-state index contributed by atoms with van der Waals surface area (Å²) < 4.78 is 4.79. The number of phenolic OH excluding ortho intramolecular Hbond substituents is 2. The van der Waals surface area contributed by atoms with E-state index in [2.05, 4.69) is 5.32 Å². The molecule has 0 spiro atoms. The lowest BCUT2D eigenvalue weighted by atomic mass is 10.2. The Labute approximate surface area is 130 Å². The molecule has 0 radical (unpaired) electrons. The number of phenols is 2. The molecule has 22 heavy (non-hydrogen) atoms. The number of ether oxygens (including phenoxy) is 1. The van der Waals surface area contributed by atoms with E-state index in [-0.39, 0.29) is 11.3 Å². The Kier molecular flexibility index (Phi) is 4.85. The number of amides is 1. The van der Waals surface area contributed by atoms with Crippen LogP contribution < -0.4 is 5.32 Å². The highest BCUT2D eigenvalue weighted by Crippen LogP contribution is 2.23. The second-order valence-electron chi connectivity index (χ2n) is 4.34. The molecule has 2 aromatic rings. The Balaban J connectivity index is 1.92. The van der Waals surface area contributed by atoms with Crippen molar-refractivity contribution < 1.29 is 24.5 Å². The van der Waals surface area contributed by atoms with Crippen molar-refractivity contribution in [3.8, 4) is 11.5 Å². The summed E-state index contributed by atoms with van der Waals surface area (Å²) in [5.74, 6) is -2.04. The van der Waals surface area contributed by atoms with Gasteiger partial charge in [0.25, 0.3) is 5.91 Å². The number of aromatic hydroxyl groups is 2. The van der Waals surface area contributed by atoms with E-state index in [4.69, 9.17) is 21.4 Å². The van der Waals surface area contributed by atoms with Crippen LogP contribution in [0.25, 0.3) is 0 Å². The second-order valence-corrected chi connectivity index (χ2v) is 4.77. The van der Waals surface area contributed by atoms with E-state index < -0.39 is 24.2 Å². The third-order valence-electron chi connectivity index (χ3n) is 2.64. The second kappa shape index (κ2) is 6.82. The van der Waals surface area contributed by atoms with Crippen LogP contribution in [0.1, 0.15) is 10.4 Å². The van der Waals surface area contributed by atoms with Crippen molar-refractivity contribution in [3.63, 3.8) is 0 Å². The first-order valence-electron chi connectivity index (χ1n) is 6.20. The molecule has 0 aromatic heterocycles. The van der Waals surface area contributed by atoms with Crippen LogP contribution in [-0.4, -0.2) is 28.7 Å². The van der Waals surface area contributed by atoms with Crippen molar-refractivity contribution in [1.29, 1.82) is 0 Å².